The number of aromatic nitrogens is 2. The molecule has 4 rings (SSSR count). The summed E-state index contributed by atoms with van der Waals surface area (Å²) in [7, 11) is 0. The van der Waals surface area contributed by atoms with Gasteiger partial charge in [-0.2, -0.15) is 0 Å². The standard InChI is InChI=1S/C17H24N4O3/c1-12-10-15(19-16(18-12)13-2-3-13)21-6-9-24-14(11-21)17(22)20-4-7-23-8-5-20/h10,13-14H,2-9,11H2,1H3. The van der Waals surface area contributed by atoms with Crippen LogP contribution in [-0.2, 0) is 14.3 Å². The van der Waals surface area contributed by atoms with Crippen molar-refractivity contribution in [2.45, 2.75) is 31.8 Å². The quantitative estimate of drug-likeness (QED) is 0.813. The summed E-state index contributed by atoms with van der Waals surface area (Å²) in [6, 6.07) is 2.01. The van der Waals surface area contributed by atoms with E-state index in [2.05, 4.69) is 9.88 Å². The molecule has 3 aliphatic rings. The molecule has 3 heterocycles. The zero-order valence-electron chi connectivity index (χ0n) is 14.1. The van der Waals surface area contributed by atoms with E-state index in [4.69, 9.17) is 14.5 Å². The molecule has 0 spiro atoms. The minimum atomic E-state index is -0.420. The number of aryl methyl sites for hydroxylation is 1. The Bertz CT molecular complexity index is 614. The maximum Gasteiger partial charge on any atom is 0.253 e. The van der Waals surface area contributed by atoms with Gasteiger partial charge in [0, 0.05) is 37.3 Å². The molecular weight excluding hydrogens is 308 g/mol. The molecule has 130 valence electrons. The van der Waals surface area contributed by atoms with Crippen LogP contribution < -0.4 is 4.90 Å². The largest absolute Gasteiger partial charge is 0.378 e. The maximum atomic E-state index is 12.7. The van der Waals surface area contributed by atoms with E-state index in [1.165, 1.54) is 12.8 Å². The second-order valence-corrected chi connectivity index (χ2v) is 6.74. The fourth-order valence-corrected chi connectivity index (χ4v) is 3.25. The first kappa shape index (κ1) is 15.8. The van der Waals surface area contributed by atoms with Gasteiger partial charge in [-0.3, -0.25) is 4.79 Å². The topological polar surface area (TPSA) is 67.8 Å². The molecule has 2 aliphatic heterocycles. The SMILES string of the molecule is Cc1cc(N2CCOC(C(=O)N3CCOCC3)C2)nc(C2CC2)n1. The lowest BCUT2D eigenvalue weighted by molar-refractivity contribution is -0.148. The molecule has 3 fully saturated rings. The van der Waals surface area contributed by atoms with Crippen LogP contribution in [0.3, 0.4) is 0 Å². The third-order valence-corrected chi connectivity index (χ3v) is 4.79. The van der Waals surface area contributed by atoms with Crippen molar-refractivity contribution >= 4 is 11.7 Å². The van der Waals surface area contributed by atoms with Gasteiger partial charge in [0.25, 0.3) is 5.91 Å². The van der Waals surface area contributed by atoms with Crippen molar-refractivity contribution in [2.75, 3.05) is 50.9 Å². The Hall–Kier alpha value is -1.73. The number of carbonyl (C=O) groups is 1. The van der Waals surface area contributed by atoms with Gasteiger partial charge in [0.2, 0.25) is 0 Å². The second-order valence-electron chi connectivity index (χ2n) is 6.74. The Morgan fingerprint density at radius 3 is 2.71 bits per heavy atom. The van der Waals surface area contributed by atoms with Crippen LogP contribution in [0.4, 0.5) is 5.82 Å². The van der Waals surface area contributed by atoms with Crippen LogP contribution in [0.1, 0.15) is 30.3 Å². The van der Waals surface area contributed by atoms with Gasteiger partial charge >= 0.3 is 0 Å². The lowest BCUT2D eigenvalue weighted by Crippen LogP contribution is -2.53. The first-order valence-corrected chi connectivity index (χ1v) is 8.79. The third-order valence-electron chi connectivity index (χ3n) is 4.79. The number of morpholine rings is 2. The highest BCUT2D eigenvalue weighted by Crippen LogP contribution is 2.38. The lowest BCUT2D eigenvalue weighted by atomic mass is 10.2. The smallest absolute Gasteiger partial charge is 0.253 e. The predicted molar refractivity (Wildman–Crippen MR) is 88.1 cm³/mol. The summed E-state index contributed by atoms with van der Waals surface area (Å²) in [5.74, 6) is 2.46. The van der Waals surface area contributed by atoms with Crippen molar-refractivity contribution in [3.63, 3.8) is 0 Å². The number of hydrogen-bond acceptors (Lipinski definition) is 6. The Labute approximate surface area is 142 Å². The van der Waals surface area contributed by atoms with Crippen LogP contribution in [0.25, 0.3) is 0 Å². The van der Waals surface area contributed by atoms with E-state index >= 15 is 0 Å². The summed E-state index contributed by atoms with van der Waals surface area (Å²) in [5.41, 5.74) is 0.990. The molecule has 2 saturated heterocycles. The summed E-state index contributed by atoms with van der Waals surface area (Å²) >= 11 is 0. The van der Waals surface area contributed by atoms with Crippen LogP contribution >= 0.6 is 0 Å². The van der Waals surface area contributed by atoms with Crippen molar-refractivity contribution in [1.82, 2.24) is 14.9 Å². The molecule has 0 radical (unpaired) electrons. The summed E-state index contributed by atoms with van der Waals surface area (Å²) < 4.78 is 11.1. The van der Waals surface area contributed by atoms with Crippen molar-refractivity contribution < 1.29 is 14.3 Å². The Kier molecular flexibility index (Phi) is 4.37. The van der Waals surface area contributed by atoms with Crippen LogP contribution in [0, 0.1) is 6.92 Å². The summed E-state index contributed by atoms with van der Waals surface area (Å²) in [5, 5.41) is 0. The predicted octanol–water partition coefficient (Wildman–Crippen LogP) is 0.726. The molecule has 7 nitrogen and oxygen atoms in total. The fraction of sp³-hybridized carbons (Fsp3) is 0.706. The molecule has 0 bridgehead atoms. The van der Waals surface area contributed by atoms with E-state index < -0.39 is 6.10 Å². The lowest BCUT2D eigenvalue weighted by Gasteiger charge is -2.36. The zero-order valence-corrected chi connectivity index (χ0v) is 14.1. The van der Waals surface area contributed by atoms with Gasteiger partial charge in [0.15, 0.2) is 6.10 Å². The minimum Gasteiger partial charge on any atom is -0.378 e. The molecule has 1 aliphatic carbocycles. The minimum absolute atomic E-state index is 0.0659. The summed E-state index contributed by atoms with van der Waals surface area (Å²) in [4.78, 5) is 26.0. The normalized spacial score (nSPS) is 25.0. The second kappa shape index (κ2) is 6.64. The first-order chi connectivity index (χ1) is 11.7. The van der Waals surface area contributed by atoms with E-state index in [1.54, 1.807) is 0 Å². The number of ether oxygens (including phenoxy) is 2. The van der Waals surface area contributed by atoms with Crippen molar-refractivity contribution in [2.24, 2.45) is 0 Å². The number of amides is 1. The van der Waals surface area contributed by atoms with Crippen molar-refractivity contribution in [1.29, 1.82) is 0 Å². The zero-order chi connectivity index (χ0) is 16.5. The molecule has 1 atom stereocenters. The highest BCUT2D eigenvalue weighted by molar-refractivity contribution is 5.82. The molecule has 1 aromatic rings. The molecule has 0 N–H and O–H groups in total. The number of carbonyl (C=O) groups excluding carboxylic acids is 1. The molecule has 1 saturated carbocycles. The van der Waals surface area contributed by atoms with Gasteiger partial charge in [-0.05, 0) is 19.8 Å². The van der Waals surface area contributed by atoms with Crippen LogP contribution in [-0.4, -0.2) is 72.9 Å². The van der Waals surface area contributed by atoms with Gasteiger partial charge in [0.05, 0.1) is 26.4 Å². The number of hydrogen-bond donors (Lipinski definition) is 0. The summed E-state index contributed by atoms with van der Waals surface area (Å²) in [6.07, 6.45) is 1.95. The van der Waals surface area contributed by atoms with E-state index in [1.807, 2.05) is 17.9 Å². The van der Waals surface area contributed by atoms with Gasteiger partial charge in [-0.1, -0.05) is 0 Å². The Balaban J connectivity index is 1.47. The average molecular weight is 332 g/mol. The Morgan fingerprint density at radius 2 is 1.96 bits per heavy atom. The molecule has 24 heavy (non-hydrogen) atoms. The van der Waals surface area contributed by atoms with E-state index in [0.29, 0.717) is 45.4 Å². The average Bonchev–Trinajstić information content (AvgIpc) is 3.47. The molecule has 1 aromatic heterocycles. The molecular formula is C17H24N4O3. The highest BCUT2D eigenvalue weighted by atomic mass is 16.5. The number of nitrogens with zero attached hydrogens (tertiary/aromatic N) is 4. The number of anilines is 1. The number of rotatable bonds is 3. The fourth-order valence-electron chi connectivity index (χ4n) is 3.25. The van der Waals surface area contributed by atoms with Crippen molar-refractivity contribution in [3.05, 3.63) is 17.6 Å². The maximum absolute atomic E-state index is 12.7. The van der Waals surface area contributed by atoms with E-state index in [0.717, 1.165) is 23.9 Å². The van der Waals surface area contributed by atoms with Gasteiger partial charge < -0.3 is 19.3 Å². The van der Waals surface area contributed by atoms with Gasteiger partial charge in [-0.25, -0.2) is 9.97 Å². The monoisotopic (exact) mass is 332 g/mol. The molecule has 0 aromatic carbocycles. The first-order valence-electron chi connectivity index (χ1n) is 8.79. The van der Waals surface area contributed by atoms with Gasteiger partial charge in [-0.15, -0.1) is 0 Å². The van der Waals surface area contributed by atoms with Gasteiger partial charge in [0.1, 0.15) is 11.6 Å². The van der Waals surface area contributed by atoms with E-state index in [-0.39, 0.29) is 5.91 Å². The molecule has 7 heteroatoms. The highest BCUT2D eigenvalue weighted by Gasteiger charge is 2.33. The van der Waals surface area contributed by atoms with Crippen molar-refractivity contribution in [3.8, 4) is 0 Å². The van der Waals surface area contributed by atoms with Crippen LogP contribution in [0.15, 0.2) is 6.07 Å². The molecule has 1 unspecified atom stereocenters. The Morgan fingerprint density at radius 1 is 1.17 bits per heavy atom. The van der Waals surface area contributed by atoms with Crippen LogP contribution in [0.5, 0.6) is 0 Å². The summed E-state index contributed by atoms with van der Waals surface area (Å²) in [6.45, 7) is 6.38. The van der Waals surface area contributed by atoms with Crippen LogP contribution in [0.2, 0.25) is 0 Å². The third kappa shape index (κ3) is 3.37. The molecule has 1 amide bonds. The van der Waals surface area contributed by atoms with E-state index in [9.17, 15) is 4.79 Å².